The van der Waals surface area contributed by atoms with E-state index >= 15 is 0 Å². The topological polar surface area (TPSA) is 84.9 Å². The van der Waals surface area contributed by atoms with Gasteiger partial charge >= 0.3 is 0 Å². The number of nitrogens with zero attached hydrogens (tertiary/aromatic N) is 2. The Kier molecular flexibility index (Phi) is 3.61. The molecule has 18 heavy (non-hydrogen) atoms. The fraction of sp³-hybridized carbons (Fsp3) is 0.600. The Bertz CT molecular complexity index is 506. The molecular formula is C10H13BrN2O4S. The monoisotopic (exact) mass is 336 g/mol. The van der Waals surface area contributed by atoms with Gasteiger partial charge in [0.1, 0.15) is 16.6 Å². The van der Waals surface area contributed by atoms with Gasteiger partial charge in [0.2, 0.25) is 0 Å². The van der Waals surface area contributed by atoms with Crippen molar-refractivity contribution in [1.29, 1.82) is 0 Å². The van der Waals surface area contributed by atoms with Gasteiger partial charge in [0.15, 0.2) is 15.7 Å². The SMILES string of the molecule is Cc1onc(Br)c1C(C1=NOC(C)(C)C1)S(=O)O. The summed E-state index contributed by atoms with van der Waals surface area (Å²) >= 11 is 1.10. The van der Waals surface area contributed by atoms with Gasteiger partial charge in [-0.25, -0.2) is 4.21 Å². The molecule has 1 aromatic heterocycles. The number of hydrogen-bond acceptors (Lipinski definition) is 5. The van der Waals surface area contributed by atoms with E-state index in [2.05, 4.69) is 26.2 Å². The lowest BCUT2D eigenvalue weighted by Gasteiger charge is -2.15. The third-order valence-corrected chi connectivity index (χ3v) is 4.13. The molecule has 0 aromatic carbocycles. The van der Waals surface area contributed by atoms with E-state index in [4.69, 9.17) is 9.36 Å². The summed E-state index contributed by atoms with van der Waals surface area (Å²) in [6.07, 6.45) is 0.487. The van der Waals surface area contributed by atoms with Crippen LogP contribution in [0.1, 0.15) is 36.8 Å². The second-order valence-corrected chi connectivity index (χ2v) is 6.48. The van der Waals surface area contributed by atoms with Crippen LogP contribution in [0.2, 0.25) is 0 Å². The Morgan fingerprint density at radius 1 is 1.56 bits per heavy atom. The van der Waals surface area contributed by atoms with Crippen LogP contribution >= 0.6 is 15.9 Å². The number of halogens is 1. The molecule has 2 atom stereocenters. The minimum Gasteiger partial charge on any atom is -0.389 e. The maximum absolute atomic E-state index is 11.6. The average molecular weight is 337 g/mol. The molecule has 2 unspecified atom stereocenters. The predicted molar refractivity (Wildman–Crippen MR) is 69.7 cm³/mol. The van der Waals surface area contributed by atoms with Crippen LogP contribution in [0.15, 0.2) is 14.3 Å². The molecule has 1 aliphatic rings. The van der Waals surface area contributed by atoms with Gasteiger partial charge in [0.05, 0.1) is 11.3 Å². The van der Waals surface area contributed by atoms with E-state index in [-0.39, 0.29) is 0 Å². The van der Waals surface area contributed by atoms with Crippen molar-refractivity contribution in [1.82, 2.24) is 5.16 Å². The highest BCUT2D eigenvalue weighted by molar-refractivity contribution is 9.10. The zero-order valence-electron chi connectivity index (χ0n) is 10.1. The van der Waals surface area contributed by atoms with Crippen LogP contribution in [0.25, 0.3) is 0 Å². The molecule has 6 nitrogen and oxygen atoms in total. The van der Waals surface area contributed by atoms with Gasteiger partial charge < -0.3 is 13.9 Å². The van der Waals surface area contributed by atoms with Crippen molar-refractivity contribution in [2.24, 2.45) is 5.16 Å². The van der Waals surface area contributed by atoms with Crippen LogP contribution in [0.4, 0.5) is 0 Å². The van der Waals surface area contributed by atoms with Crippen molar-refractivity contribution in [2.75, 3.05) is 0 Å². The first-order chi connectivity index (χ1) is 8.32. The smallest absolute Gasteiger partial charge is 0.166 e. The number of hydrogen-bond donors (Lipinski definition) is 1. The van der Waals surface area contributed by atoms with Crippen molar-refractivity contribution in [3.8, 4) is 0 Å². The largest absolute Gasteiger partial charge is 0.389 e. The predicted octanol–water partition coefficient (Wildman–Crippen LogP) is 2.56. The molecule has 1 aromatic rings. The minimum atomic E-state index is -2.12. The van der Waals surface area contributed by atoms with E-state index in [1.54, 1.807) is 6.92 Å². The molecule has 100 valence electrons. The summed E-state index contributed by atoms with van der Waals surface area (Å²) < 4.78 is 26.5. The summed E-state index contributed by atoms with van der Waals surface area (Å²) in [7, 11) is 0. The second-order valence-electron chi connectivity index (χ2n) is 4.71. The van der Waals surface area contributed by atoms with Gasteiger partial charge in [0, 0.05) is 6.42 Å². The highest BCUT2D eigenvalue weighted by atomic mass is 79.9. The van der Waals surface area contributed by atoms with E-state index in [9.17, 15) is 8.76 Å². The van der Waals surface area contributed by atoms with E-state index in [1.807, 2.05) is 13.8 Å². The van der Waals surface area contributed by atoms with Crippen LogP contribution in [-0.4, -0.2) is 25.2 Å². The Morgan fingerprint density at radius 2 is 2.22 bits per heavy atom. The van der Waals surface area contributed by atoms with E-state index < -0.39 is 21.9 Å². The fourth-order valence-electron chi connectivity index (χ4n) is 1.85. The first-order valence-electron chi connectivity index (χ1n) is 5.28. The van der Waals surface area contributed by atoms with Crippen LogP contribution in [0.5, 0.6) is 0 Å². The second kappa shape index (κ2) is 4.75. The maximum atomic E-state index is 11.6. The van der Waals surface area contributed by atoms with Crippen molar-refractivity contribution < 1.29 is 18.1 Å². The molecule has 0 saturated carbocycles. The van der Waals surface area contributed by atoms with Gasteiger partial charge in [-0.1, -0.05) is 10.3 Å². The van der Waals surface area contributed by atoms with Gasteiger partial charge in [-0.2, -0.15) is 0 Å². The third-order valence-electron chi connectivity index (χ3n) is 2.65. The highest BCUT2D eigenvalue weighted by Gasteiger charge is 2.39. The molecule has 8 heteroatoms. The zero-order chi connectivity index (χ0) is 13.5. The summed E-state index contributed by atoms with van der Waals surface area (Å²) in [5.41, 5.74) is 0.605. The van der Waals surface area contributed by atoms with Crippen molar-refractivity contribution in [2.45, 2.75) is 38.0 Å². The number of rotatable bonds is 3. The first kappa shape index (κ1) is 13.7. The van der Waals surface area contributed by atoms with Crippen LogP contribution in [0.3, 0.4) is 0 Å². The number of aromatic nitrogens is 1. The van der Waals surface area contributed by atoms with Crippen molar-refractivity contribution >= 4 is 32.7 Å². The Balaban J connectivity index is 2.40. The Labute approximate surface area is 115 Å². The Hall–Kier alpha value is -0.730. The molecule has 1 aliphatic heterocycles. The lowest BCUT2D eigenvalue weighted by molar-refractivity contribution is 0.0123. The summed E-state index contributed by atoms with van der Waals surface area (Å²) in [5, 5.41) is 6.86. The Morgan fingerprint density at radius 3 is 2.61 bits per heavy atom. The van der Waals surface area contributed by atoms with E-state index in [0.29, 0.717) is 28.1 Å². The van der Waals surface area contributed by atoms with E-state index in [0.717, 1.165) is 0 Å². The quantitative estimate of drug-likeness (QED) is 0.857. The third kappa shape index (κ3) is 2.50. The summed E-state index contributed by atoms with van der Waals surface area (Å²) in [5.74, 6) is 0.488. The molecule has 0 saturated heterocycles. The van der Waals surface area contributed by atoms with Gasteiger partial charge in [-0.3, -0.25) is 0 Å². The van der Waals surface area contributed by atoms with Crippen molar-refractivity contribution in [3.63, 3.8) is 0 Å². The number of oxime groups is 1. The minimum absolute atomic E-state index is 0.416. The molecule has 1 N–H and O–H groups in total. The summed E-state index contributed by atoms with van der Waals surface area (Å²) in [4.78, 5) is 5.24. The molecular weight excluding hydrogens is 324 g/mol. The van der Waals surface area contributed by atoms with Crippen LogP contribution in [0, 0.1) is 6.92 Å². The first-order valence-corrected chi connectivity index (χ1v) is 7.24. The maximum Gasteiger partial charge on any atom is 0.166 e. The molecule has 0 bridgehead atoms. The molecule has 0 aliphatic carbocycles. The molecule has 2 heterocycles. The van der Waals surface area contributed by atoms with Gasteiger partial charge in [0.25, 0.3) is 0 Å². The molecule has 0 spiro atoms. The van der Waals surface area contributed by atoms with E-state index in [1.165, 1.54) is 0 Å². The van der Waals surface area contributed by atoms with Gasteiger partial charge in [-0.05, 0) is 36.7 Å². The standard InChI is InChI=1S/C10H13BrN2O4S/c1-5-7(9(11)13-16-5)8(18(14)15)6-4-10(2,3)17-12-6/h8H,4H2,1-3H3,(H,14,15). The lowest BCUT2D eigenvalue weighted by atomic mass is 9.98. The number of aryl methyl sites for hydroxylation is 1. The summed E-state index contributed by atoms with van der Waals surface area (Å²) in [6.45, 7) is 5.43. The van der Waals surface area contributed by atoms with Gasteiger partial charge in [-0.15, -0.1) is 0 Å². The molecule has 0 radical (unpaired) electrons. The van der Waals surface area contributed by atoms with Crippen LogP contribution < -0.4 is 0 Å². The van der Waals surface area contributed by atoms with Crippen LogP contribution in [-0.2, 0) is 15.9 Å². The highest BCUT2D eigenvalue weighted by Crippen LogP contribution is 2.36. The molecule has 0 fully saturated rings. The molecule has 0 amide bonds. The molecule has 2 rings (SSSR count). The fourth-order valence-corrected chi connectivity index (χ4v) is 3.42. The zero-order valence-corrected chi connectivity index (χ0v) is 12.5. The summed E-state index contributed by atoms with van der Waals surface area (Å²) in [6, 6.07) is 0. The normalized spacial score (nSPS) is 21.3. The van der Waals surface area contributed by atoms with Crippen molar-refractivity contribution in [3.05, 3.63) is 15.9 Å². The average Bonchev–Trinajstić information content (AvgIpc) is 2.75. The lowest BCUT2D eigenvalue weighted by Crippen LogP contribution is -2.23.